The Balaban J connectivity index is 1.66. The highest BCUT2D eigenvalue weighted by Crippen LogP contribution is 2.36. The van der Waals surface area contributed by atoms with Crippen LogP contribution in [-0.4, -0.2) is 57.7 Å². The van der Waals surface area contributed by atoms with Crippen LogP contribution < -0.4 is 10.6 Å². The number of methoxy groups -OCH3 is 1. The molecule has 1 atom stereocenters. The van der Waals surface area contributed by atoms with E-state index in [1.165, 1.54) is 24.4 Å². The molecule has 1 aromatic heterocycles. The normalized spacial score (nSPS) is 20.6. The number of hydrogen-bond donors (Lipinski definition) is 2. The lowest BCUT2D eigenvalue weighted by Gasteiger charge is -2.22. The van der Waals surface area contributed by atoms with Crippen LogP contribution in [0.3, 0.4) is 0 Å². The zero-order valence-electron chi connectivity index (χ0n) is 12.8. The van der Waals surface area contributed by atoms with E-state index in [4.69, 9.17) is 0 Å². The molecule has 0 spiro atoms. The van der Waals surface area contributed by atoms with Crippen molar-refractivity contribution in [2.24, 2.45) is 0 Å². The third kappa shape index (κ3) is 4.62. The van der Waals surface area contributed by atoms with Gasteiger partial charge in [0.1, 0.15) is 0 Å². The molecule has 2 heterocycles. The highest BCUT2D eigenvalue weighted by Gasteiger charge is 2.29. The Morgan fingerprint density at radius 1 is 1.50 bits per heavy atom. The van der Waals surface area contributed by atoms with Gasteiger partial charge < -0.3 is 15.4 Å². The van der Waals surface area contributed by atoms with Crippen molar-refractivity contribution >= 4 is 23.8 Å². The largest absolute Gasteiger partial charge is 0.464 e. The van der Waals surface area contributed by atoms with Crippen molar-refractivity contribution in [1.82, 2.24) is 25.6 Å². The van der Waals surface area contributed by atoms with Crippen LogP contribution in [0.25, 0.3) is 0 Å². The first-order valence-corrected chi connectivity index (χ1v) is 8.15. The minimum Gasteiger partial charge on any atom is -0.464 e. The number of amides is 2. The Bertz CT molecular complexity index is 528. The molecule has 0 aliphatic carbocycles. The molecule has 0 aromatic carbocycles. The number of aromatic nitrogens is 3. The van der Waals surface area contributed by atoms with Crippen LogP contribution in [-0.2, 0) is 11.3 Å². The first kappa shape index (κ1) is 16.6. The molecule has 0 radical (unpaired) electrons. The maximum atomic E-state index is 11.7. The molecule has 2 N–H and O–H groups in total. The van der Waals surface area contributed by atoms with E-state index in [9.17, 15) is 9.59 Å². The lowest BCUT2D eigenvalue weighted by molar-refractivity contribution is 0.0594. The molecule has 1 aromatic rings. The Kier molecular flexibility index (Phi) is 5.64. The van der Waals surface area contributed by atoms with E-state index >= 15 is 0 Å². The minimum atomic E-state index is -0.528. The van der Waals surface area contributed by atoms with E-state index in [2.05, 4.69) is 32.6 Å². The summed E-state index contributed by atoms with van der Waals surface area (Å²) in [5.41, 5.74) is 0.151. The van der Waals surface area contributed by atoms with Crippen molar-refractivity contribution in [3.05, 3.63) is 11.9 Å². The highest BCUT2D eigenvalue weighted by atomic mass is 32.2. The molecule has 2 rings (SSSR count). The first-order valence-electron chi connectivity index (χ1n) is 7.16. The van der Waals surface area contributed by atoms with E-state index in [1.807, 2.05) is 11.8 Å². The second-order valence-electron chi connectivity index (χ2n) is 5.37. The summed E-state index contributed by atoms with van der Waals surface area (Å²) >= 11 is 1.91. The van der Waals surface area contributed by atoms with E-state index in [1.54, 1.807) is 0 Å². The number of nitrogens with zero attached hydrogens (tertiary/aromatic N) is 3. The van der Waals surface area contributed by atoms with Crippen molar-refractivity contribution in [3.63, 3.8) is 0 Å². The molecule has 1 fully saturated rings. The van der Waals surface area contributed by atoms with Crippen LogP contribution in [0.2, 0.25) is 0 Å². The second kappa shape index (κ2) is 7.48. The maximum absolute atomic E-state index is 11.7. The van der Waals surface area contributed by atoms with Gasteiger partial charge in [-0.3, -0.25) is 0 Å². The standard InChI is InChI=1S/C13H21N5O3S/c1-13(4-3-7-22-13)9-15-12(20)14-5-6-18-8-10(16-17-18)11(19)21-2/h8H,3-7,9H2,1-2H3,(H2,14,15,20)/t13-/m1/s1. The van der Waals surface area contributed by atoms with Gasteiger partial charge in [-0.2, -0.15) is 11.8 Å². The molecule has 2 amide bonds. The fourth-order valence-electron chi connectivity index (χ4n) is 2.20. The van der Waals surface area contributed by atoms with Gasteiger partial charge in [0.2, 0.25) is 0 Å². The summed E-state index contributed by atoms with van der Waals surface area (Å²) in [6.45, 7) is 3.68. The number of carbonyl (C=O) groups is 2. The number of thioether (sulfide) groups is 1. The summed E-state index contributed by atoms with van der Waals surface area (Å²) in [7, 11) is 1.29. The monoisotopic (exact) mass is 327 g/mol. The van der Waals surface area contributed by atoms with Gasteiger partial charge in [0.05, 0.1) is 19.9 Å². The molecule has 0 bridgehead atoms. The summed E-state index contributed by atoms with van der Waals surface area (Å²) in [6.07, 6.45) is 3.83. The summed E-state index contributed by atoms with van der Waals surface area (Å²) in [5, 5.41) is 13.1. The molecule has 0 saturated carbocycles. The van der Waals surface area contributed by atoms with Gasteiger partial charge in [-0.15, -0.1) is 5.10 Å². The minimum absolute atomic E-state index is 0.151. The third-order valence-corrected chi connectivity index (χ3v) is 5.02. The summed E-state index contributed by atoms with van der Waals surface area (Å²) in [4.78, 5) is 23.0. The van der Waals surface area contributed by atoms with Crippen LogP contribution in [0, 0.1) is 0 Å². The fourth-order valence-corrected chi connectivity index (χ4v) is 3.44. The molecule has 122 valence electrons. The molecule has 1 aliphatic rings. The lowest BCUT2D eigenvalue weighted by atomic mass is 10.1. The summed E-state index contributed by atoms with van der Waals surface area (Å²) in [6, 6.07) is -0.193. The SMILES string of the molecule is COC(=O)c1cn(CCNC(=O)NC[C@@]2(C)CCCS2)nn1. The van der Waals surface area contributed by atoms with Crippen molar-refractivity contribution in [2.75, 3.05) is 26.0 Å². The molecule has 22 heavy (non-hydrogen) atoms. The zero-order chi connectivity index (χ0) is 16.0. The van der Waals surface area contributed by atoms with Crippen molar-refractivity contribution < 1.29 is 14.3 Å². The molecule has 1 saturated heterocycles. The van der Waals surface area contributed by atoms with E-state index in [-0.39, 0.29) is 16.5 Å². The van der Waals surface area contributed by atoms with Crippen LogP contribution in [0.1, 0.15) is 30.3 Å². The maximum Gasteiger partial charge on any atom is 0.360 e. The van der Waals surface area contributed by atoms with Gasteiger partial charge >= 0.3 is 12.0 Å². The molecule has 0 unspecified atom stereocenters. The van der Waals surface area contributed by atoms with Gasteiger partial charge in [0.25, 0.3) is 0 Å². The first-order chi connectivity index (χ1) is 10.5. The summed E-state index contributed by atoms with van der Waals surface area (Å²) < 4.78 is 6.18. The number of urea groups is 1. The smallest absolute Gasteiger partial charge is 0.360 e. The summed E-state index contributed by atoms with van der Waals surface area (Å²) in [5.74, 6) is 0.633. The number of carbonyl (C=O) groups excluding carboxylic acids is 2. The van der Waals surface area contributed by atoms with Gasteiger partial charge in [0, 0.05) is 17.8 Å². The third-order valence-electron chi connectivity index (χ3n) is 3.48. The number of hydrogen-bond acceptors (Lipinski definition) is 6. The number of nitrogens with one attached hydrogen (secondary N) is 2. The average Bonchev–Trinajstić information content (AvgIpc) is 3.14. The number of esters is 1. The Labute approximate surface area is 133 Å². The topological polar surface area (TPSA) is 98.1 Å². The van der Waals surface area contributed by atoms with E-state index in [0.29, 0.717) is 19.6 Å². The van der Waals surface area contributed by atoms with Gasteiger partial charge in [-0.25, -0.2) is 14.3 Å². The van der Waals surface area contributed by atoms with Crippen LogP contribution >= 0.6 is 11.8 Å². The number of rotatable bonds is 6. The Hall–Kier alpha value is -1.77. The van der Waals surface area contributed by atoms with Gasteiger partial charge in [0.15, 0.2) is 5.69 Å². The predicted molar refractivity (Wildman–Crippen MR) is 82.9 cm³/mol. The molecule has 9 heteroatoms. The number of ether oxygens (including phenoxy) is 1. The van der Waals surface area contributed by atoms with E-state index in [0.717, 1.165) is 12.2 Å². The predicted octanol–water partition coefficient (Wildman–Crippen LogP) is 0.650. The van der Waals surface area contributed by atoms with Gasteiger partial charge in [-0.05, 0) is 25.5 Å². The quantitative estimate of drug-likeness (QED) is 0.745. The van der Waals surface area contributed by atoms with Crippen LogP contribution in [0.4, 0.5) is 4.79 Å². The van der Waals surface area contributed by atoms with E-state index < -0.39 is 5.97 Å². The zero-order valence-corrected chi connectivity index (χ0v) is 13.6. The Morgan fingerprint density at radius 2 is 2.32 bits per heavy atom. The molecule has 1 aliphatic heterocycles. The highest BCUT2D eigenvalue weighted by molar-refractivity contribution is 8.00. The van der Waals surface area contributed by atoms with Crippen LogP contribution in [0.5, 0.6) is 0 Å². The molecule has 8 nitrogen and oxygen atoms in total. The van der Waals surface area contributed by atoms with Crippen molar-refractivity contribution in [2.45, 2.75) is 31.1 Å². The van der Waals surface area contributed by atoms with Gasteiger partial charge in [-0.1, -0.05) is 5.21 Å². The second-order valence-corrected chi connectivity index (χ2v) is 7.05. The molecular weight excluding hydrogens is 306 g/mol. The van der Waals surface area contributed by atoms with Crippen LogP contribution in [0.15, 0.2) is 6.20 Å². The average molecular weight is 327 g/mol. The Morgan fingerprint density at radius 3 is 3.00 bits per heavy atom. The van der Waals surface area contributed by atoms with Crippen molar-refractivity contribution in [3.8, 4) is 0 Å². The fraction of sp³-hybridized carbons (Fsp3) is 0.692. The van der Waals surface area contributed by atoms with Crippen molar-refractivity contribution in [1.29, 1.82) is 0 Å². The lowest BCUT2D eigenvalue weighted by Crippen LogP contribution is -2.43. The molecular formula is C13H21N5O3S.